The number of hydrogen-bond acceptors (Lipinski definition) is 3. The molecule has 1 amide bonds. The maximum Gasteiger partial charge on any atom is 0.227 e. The van der Waals surface area contributed by atoms with Crippen LogP contribution in [0.1, 0.15) is 37.1 Å². The Balaban J connectivity index is 1.37. The van der Waals surface area contributed by atoms with Crippen molar-refractivity contribution >= 4 is 11.6 Å². The average Bonchev–Trinajstić information content (AvgIpc) is 2.93. The van der Waals surface area contributed by atoms with E-state index in [1.807, 2.05) is 37.5 Å². The third-order valence-corrected chi connectivity index (χ3v) is 5.96. The Bertz CT molecular complexity index is 763. The first kappa shape index (κ1) is 16.3. The molecule has 2 heterocycles. The fraction of sp³-hybridized carbons (Fsp3) is 0.500. The molecule has 2 aromatic rings. The molecule has 0 atom stereocenters. The lowest BCUT2D eigenvalue weighted by molar-refractivity contribution is -0.128. The number of aromatic nitrogens is 2. The number of imidazole rings is 1. The average molecular weight is 338 g/mol. The van der Waals surface area contributed by atoms with E-state index in [9.17, 15) is 4.79 Å². The van der Waals surface area contributed by atoms with Crippen LogP contribution in [0.25, 0.3) is 5.69 Å². The molecule has 1 aromatic carbocycles. The van der Waals surface area contributed by atoms with Gasteiger partial charge in [0.1, 0.15) is 0 Å². The van der Waals surface area contributed by atoms with Gasteiger partial charge in [-0.05, 0) is 75.8 Å². The van der Waals surface area contributed by atoms with Gasteiger partial charge in [-0.1, -0.05) is 0 Å². The van der Waals surface area contributed by atoms with Crippen molar-refractivity contribution in [1.29, 1.82) is 0 Å². The van der Waals surface area contributed by atoms with Crippen LogP contribution >= 0.6 is 0 Å². The predicted molar refractivity (Wildman–Crippen MR) is 98.9 cm³/mol. The third kappa shape index (κ3) is 3.09. The second-order valence-electron chi connectivity index (χ2n) is 7.71. The lowest BCUT2D eigenvalue weighted by Gasteiger charge is -2.49. The molecule has 5 nitrogen and oxygen atoms in total. The van der Waals surface area contributed by atoms with E-state index in [0.29, 0.717) is 5.41 Å². The van der Waals surface area contributed by atoms with Crippen molar-refractivity contribution in [1.82, 2.24) is 14.9 Å². The van der Waals surface area contributed by atoms with E-state index >= 15 is 0 Å². The number of benzene rings is 1. The second kappa shape index (κ2) is 6.30. The van der Waals surface area contributed by atoms with Crippen LogP contribution in [0.3, 0.4) is 0 Å². The Morgan fingerprint density at radius 3 is 2.64 bits per heavy atom. The summed E-state index contributed by atoms with van der Waals surface area (Å²) < 4.78 is 2.06. The molecule has 1 aliphatic carbocycles. The Kier molecular flexibility index (Phi) is 4.12. The predicted octanol–water partition coefficient (Wildman–Crippen LogP) is 3.21. The first-order valence-corrected chi connectivity index (χ1v) is 9.19. The third-order valence-electron chi connectivity index (χ3n) is 5.96. The Morgan fingerprint density at radius 2 is 2.04 bits per heavy atom. The van der Waals surface area contributed by atoms with Crippen LogP contribution in [0.5, 0.6) is 0 Å². The fourth-order valence-corrected chi connectivity index (χ4v) is 4.26. The smallest absolute Gasteiger partial charge is 0.227 e. The standard InChI is InChI=1S/C20H26N4O/c1-14-15(2)24(13-22-14)18-6-4-17(5-7-18)23-19(25)16-10-20(11-16)8-3-9-21-12-20/h4-7,13,16,21H,3,8-12H2,1-2H3,(H,23,25). The number of hydrogen-bond donors (Lipinski definition) is 2. The monoisotopic (exact) mass is 338 g/mol. The normalized spacial score (nSPS) is 25.6. The first-order chi connectivity index (χ1) is 12.1. The molecule has 2 aliphatic rings. The van der Waals surface area contributed by atoms with Gasteiger partial charge < -0.3 is 15.2 Å². The molecule has 1 saturated carbocycles. The molecule has 1 aliphatic heterocycles. The largest absolute Gasteiger partial charge is 0.326 e. The highest BCUT2D eigenvalue weighted by Crippen LogP contribution is 2.49. The van der Waals surface area contributed by atoms with Crippen molar-refractivity contribution in [2.45, 2.75) is 39.5 Å². The van der Waals surface area contributed by atoms with E-state index < -0.39 is 0 Å². The Morgan fingerprint density at radius 1 is 1.28 bits per heavy atom. The number of nitrogens with one attached hydrogen (secondary N) is 2. The molecule has 1 saturated heterocycles. The molecule has 0 unspecified atom stereocenters. The molecule has 2 N–H and O–H groups in total. The van der Waals surface area contributed by atoms with Crippen LogP contribution in [-0.4, -0.2) is 28.5 Å². The number of aryl methyl sites for hydroxylation is 1. The molecular formula is C20H26N4O. The van der Waals surface area contributed by atoms with Gasteiger partial charge in [-0.2, -0.15) is 0 Å². The zero-order valence-corrected chi connectivity index (χ0v) is 15.0. The molecule has 4 rings (SSSR count). The van der Waals surface area contributed by atoms with Gasteiger partial charge in [0.25, 0.3) is 0 Å². The van der Waals surface area contributed by atoms with Gasteiger partial charge in [-0.3, -0.25) is 4.79 Å². The molecule has 1 aromatic heterocycles. The summed E-state index contributed by atoms with van der Waals surface area (Å²) in [6.45, 7) is 6.27. The lowest BCUT2D eigenvalue weighted by Crippen LogP contribution is -2.51. The minimum Gasteiger partial charge on any atom is -0.326 e. The van der Waals surface area contributed by atoms with E-state index in [2.05, 4.69) is 27.1 Å². The van der Waals surface area contributed by atoms with E-state index in [-0.39, 0.29) is 11.8 Å². The van der Waals surface area contributed by atoms with Crippen LogP contribution in [0.4, 0.5) is 5.69 Å². The van der Waals surface area contributed by atoms with Crippen LogP contribution in [0.15, 0.2) is 30.6 Å². The number of rotatable bonds is 3. The van der Waals surface area contributed by atoms with Crippen molar-refractivity contribution in [3.05, 3.63) is 42.0 Å². The van der Waals surface area contributed by atoms with E-state index in [1.165, 1.54) is 12.8 Å². The molecule has 132 valence electrons. The maximum atomic E-state index is 12.5. The van der Waals surface area contributed by atoms with E-state index in [1.54, 1.807) is 0 Å². The summed E-state index contributed by atoms with van der Waals surface area (Å²) in [7, 11) is 0. The molecular weight excluding hydrogens is 312 g/mol. The van der Waals surface area contributed by atoms with Crippen molar-refractivity contribution in [3.63, 3.8) is 0 Å². The molecule has 25 heavy (non-hydrogen) atoms. The summed E-state index contributed by atoms with van der Waals surface area (Å²) in [5, 5.41) is 6.56. The topological polar surface area (TPSA) is 59.0 Å². The maximum absolute atomic E-state index is 12.5. The molecule has 2 fully saturated rings. The Labute approximate surface area is 148 Å². The van der Waals surface area contributed by atoms with Crippen LogP contribution in [0.2, 0.25) is 0 Å². The molecule has 0 radical (unpaired) electrons. The molecule has 1 spiro atoms. The first-order valence-electron chi connectivity index (χ1n) is 9.19. The Hall–Kier alpha value is -2.14. The minimum absolute atomic E-state index is 0.165. The molecule has 5 heteroatoms. The summed E-state index contributed by atoms with van der Waals surface area (Å²) in [5.74, 6) is 0.330. The summed E-state index contributed by atoms with van der Waals surface area (Å²) in [5.41, 5.74) is 4.49. The quantitative estimate of drug-likeness (QED) is 0.903. The minimum atomic E-state index is 0.165. The van der Waals surface area contributed by atoms with Gasteiger partial charge in [0.15, 0.2) is 0 Å². The van der Waals surface area contributed by atoms with Crippen molar-refractivity contribution in [2.75, 3.05) is 18.4 Å². The number of piperidine rings is 1. The van der Waals surface area contributed by atoms with E-state index in [4.69, 9.17) is 0 Å². The summed E-state index contributed by atoms with van der Waals surface area (Å²) in [6, 6.07) is 7.99. The molecule has 0 bridgehead atoms. The van der Waals surface area contributed by atoms with Gasteiger partial charge in [-0.25, -0.2) is 4.98 Å². The van der Waals surface area contributed by atoms with Crippen molar-refractivity contribution in [3.8, 4) is 5.69 Å². The number of amides is 1. The number of carbonyl (C=O) groups excluding carboxylic acids is 1. The van der Waals surface area contributed by atoms with Crippen molar-refractivity contribution in [2.24, 2.45) is 11.3 Å². The number of carbonyl (C=O) groups is 1. The number of nitrogens with zero attached hydrogens (tertiary/aromatic N) is 2. The van der Waals surface area contributed by atoms with Gasteiger partial charge >= 0.3 is 0 Å². The zero-order valence-electron chi connectivity index (χ0n) is 15.0. The van der Waals surface area contributed by atoms with Gasteiger partial charge in [0, 0.05) is 29.5 Å². The number of anilines is 1. The highest BCUT2D eigenvalue weighted by Gasteiger charge is 2.47. The summed E-state index contributed by atoms with van der Waals surface area (Å²) in [6.07, 6.45) is 6.39. The second-order valence-corrected chi connectivity index (χ2v) is 7.71. The highest BCUT2D eigenvalue weighted by atomic mass is 16.1. The highest BCUT2D eigenvalue weighted by molar-refractivity contribution is 5.93. The van der Waals surface area contributed by atoms with Gasteiger partial charge in [0.05, 0.1) is 12.0 Å². The lowest BCUT2D eigenvalue weighted by atomic mass is 9.58. The summed E-state index contributed by atoms with van der Waals surface area (Å²) >= 11 is 0. The van der Waals surface area contributed by atoms with Gasteiger partial charge in [0.2, 0.25) is 5.91 Å². The van der Waals surface area contributed by atoms with E-state index in [0.717, 1.165) is 48.7 Å². The fourth-order valence-electron chi connectivity index (χ4n) is 4.26. The van der Waals surface area contributed by atoms with Crippen molar-refractivity contribution < 1.29 is 4.79 Å². The zero-order chi connectivity index (χ0) is 17.4. The SMILES string of the molecule is Cc1ncn(-c2ccc(NC(=O)C3CC4(CCCNC4)C3)cc2)c1C. The summed E-state index contributed by atoms with van der Waals surface area (Å²) in [4.78, 5) is 16.8. The van der Waals surface area contributed by atoms with Crippen LogP contribution < -0.4 is 10.6 Å². The van der Waals surface area contributed by atoms with Crippen LogP contribution in [-0.2, 0) is 4.79 Å². The van der Waals surface area contributed by atoms with Gasteiger partial charge in [-0.15, -0.1) is 0 Å². The van der Waals surface area contributed by atoms with Crippen LogP contribution in [0, 0.1) is 25.2 Å².